The summed E-state index contributed by atoms with van der Waals surface area (Å²) in [6.45, 7) is 5.69. The predicted molar refractivity (Wildman–Crippen MR) is 146 cm³/mol. The van der Waals surface area contributed by atoms with Crippen LogP contribution in [-0.2, 0) is 17.5 Å². The summed E-state index contributed by atoms with van der Waals surface area (Å²) in [4.78, 5) is 36.0. The maximum Gasteiger partial charge on any atom is 0.416 e. The Labute approximate surface area is 231 Å². The molecule has 2 fully saturated rings. The van der Waals surface area contributed by atoms with E-state index in [2.05, 4.69) is 15.2 Å². The Morgan fingerprint density at radius 1 is 0.950 bits per heavy atom. The largest absolute Gasteiger partial charge is 0.445 e. The van der Waals surface area contributed by atoms with Crippen LogP contribution >= 0.6 is 0 Å². The second kappa shape index (κ2) is 12.3. The Morgan fingerprint density at radius 2 is 1.68 bits per heavy atom. The minimum absolute atomic E-state index is 0.0455. The zero-order chi connectivity index (χ0) is 28.1. The molecule has 2 aromatic rings. The topological polar surface area (TPSA) is 77.5 Å². The second-order valence-corrected chi connectivity index (χ2v) is 10.5. The van der Waals surface area contributed by atoms with Gasteiger partial charge in [-0.25, -0.2) is 4.79 Å². The van der Waals surface area contributed by atoms with Crippen LogP contribution in [-0.4, -0.2) is 85.3 Å². The van der Waals surface area contributed by atoms with E-state index in [9.17, 15) is 22.8 Å². The molecule has 40 heavy (non-hydrogen) atoms. The highest BCUT2D eigenvalue weighted by Gasteiger charge is 2.30. The Kier molecular flexibility index (Phi) is 8.58. The van der Waals surface area contributed by atoms with Crippen LogP contribution in [0, 0.1) is 5.92 Å². The quantitative estimate of drug-likeness (QED) is 0.558. The van der Waals surface area contributed by atoms with E-state index in [0.29, 0.717) is 30.1 Å². The van der Waals surface area contributed by atoms with E-state index >= 15 is 0 Å². The fraction of sp³-hybridized carbons (Fsp3) is 0.483. The molecule has 5 rings (SSSR count). The van der Waals surface area contributed by atoms with Gasteiger partial charge in [0.05, 0.1) is 16.9 Å². The number of ether oxygens (including phenoxy) is 1. The van der Waals surface area contributed by atoms with E-state index in [1.807, 2.05) is 29.3 Å². The van der Waals surface area contributed by atoms with Crippen molar-refractivity contribution in [2.45, 2.75) is 32.0 Å². The number of carbonyl (C=O) groups excluding carboxylic acids is 2. The minimum Gasteiger partial charge on any atom is -0.445 e. The highest BCUT2D eigenvalue weighted by atomic mass is 19.4. The number of hydrogen-bond acceptors (Lipinski definition) is 6. The number of amides is 2. The molecule has 0 saturated carbocycles. The van der Waals surface area contributed by atoms with Gasteiger partial charge >= 0.3 is 12.3 Å². The summed E-state index contributed by atoms with van der Waals surface area (Å²) in [5.41, 5.74) is 2.21. The first kappa shape index (κ1) is 27.9. The van der Waals surface area contributed by atoms with E-state index in [-0.39, 0.29) is 12.5 Å². The molecule has 0 spiro atoms. The van der Waals surface area contributed by atoms with Crippen molar-refractivity contribution in [3.63, 3.8) is 0 Å². The molecule has 2 amide bonds. The smallest absolute Gasteiger partial charge is 0.416 e. The molecule has 0 unspecified atom stereocenters. The Balaban J connectivity index is 1.02. The highest BCUT2D eigenvalue weighted by Crippen LogP contribution is 2.30. The predicted octanol–water partition coefficient (Wildman–Crippen LogP) is 5.03. The van der Waals surface area contributed by atoms with Gasteiger partial charge in [0.25, 0.3) is 5.91 Å². The molecule has 3 heterocycles. The number of halogens is 3. The van der Waals surface area contributed by atoms with E-state index in [4.69, 9.17) is 4.74 Å². The molecule has 11 heteroatoms. The van der Waals surface area contributed by atoms with Crippen molar-refractivity contribution in [1.82, 2.24) is 14.7 Å². The zero-order valence-corrected chi connectivity index (χ0v) is 22.3. The number of fused-ring (bicyclic) bond motifs is 1. The van der Waals surface area contributed by atoms with Crippen LogP contribution < -0.4 is 5.32 Å². The average molecular weight is 558 g/mol. The lowest BCUT2D eigenvalue weighted by atomic mass is 9.95. The van der Waals surface area contributed by atoms with Crippen molar-refractivity contribution >= 4 is 29.6 Å². The van der Waals surface area contributed by atoms with Gasteiger partial charge in [-0.2, -0.15) is 13.2 Å². The summed E-state index contributed by atoms with van der Waals surface area (Å²) < 4.78 is 43.5. The maximum absolute atomic E-state index is 13.1. The molecule has 0 aromatic heterocycles. The molecular formula is C29H34F3N5O3. The number of piperidine rings is 1. The monoisotopic (exact) mass is 557 g/mol. The standard InChI is InChI=1S/C29H34F3N5O3/c30-29(31,32)24-5-2-22(3-6-24)20-40-28(39)37-16-14-35(15-17-37)19-21-8-12-36(13-9-21)27(38)23-4-7-25-26(18-23)34-11-1-10-33-25/h2-7,11,18,21,33H,1,8-10,12-17,19-20H2. The lowest BCUT2D eigenvalue weighted by Crippen LogP contribution is -2.50. The first-order valence-electron chi connectivity index (χ1n) is 13.8. The van der Waals surface area contributed by atoms with E-state index in [0.717, 1.165) is 82.0 Å². The highest BCUT2D eigenvalue weighted by molar-refractivity contribution is 5.96. The second-order valence-electron chi connectivity index (χ2n) is 10.5. The SMILES string of the molecule is O=C(OCc1ccc(C(F)(F)F)cc1)N1CCN(CC2CCN(C(=O)c3ccc4c(c3)N=CCCN4)CC2)CC1. The normalized spacial score (nSPS) is 18.6. The number of alkyl halides is 3. The van der Waals surface area contributed by atoms with Crippen molar-refractivity contribution in [2.24, 2.45) is 10.9 Å². The van der Waals surface area contributed by atoms with Crippen molar-refractivity contribution in [2.75, 3.05) is 57.7 Å². The third-order valence-corrected chi connectivity index (χ3v) is 7.76. The number of hydrogen-bond donors (Lipinski definition) is 1. The Bertz CT molecular complexity index is 1220. The summed E-state index contributed by atoms with van der Waals surface area (Å²) in [6.07, 6.45) is -0.234. The molecule has 3 aliphatic rings. The third-order valence-electron chi connectivity index (χ3n) is 7.76. The number of nitrogens with one attached hydrogen (secondary N) is 1. The number of likely N-dealkylation sites (tertiary alicyclic amines) is 1. The van der Waals surface area contributed by atoms with Gasteiger partial charge in [-0.1, -0.05) is 12.1 Å². The van der Waals surface area contributed by atoms with Crippen molar-refractivity contribution in [1.29, 1.82) is 0 Å². The Morgan fingerprint density at radius 3 is 2.38 bits per heavy atom. The lowest BCUT2D eigenvalue weighted by molar-refractivity contribution is -0.137. The third kappa shape index (κ3) is 6.93. The average Bonchev–Trinajstić information content (AvgIpc) is 3.21. The van der Waals surface area contributed by atoms with Crippen LogP contribution in [0.15, 0.2) is 47.5 Å². The zero-order valence-electron chi connectivity index (χ0n) is 22.3. The van der Waals surface area contributed by atoms with E-state index < -0.39 is 17.8 Å². The molecule has 0 atom stereocenters. The van der Waals surface area contributed by atoms with Crippen LogP contribution in [0.1, 0.15) is 40.7 Å². The van der Waals surface area contributed by atoms with E-state index in [1.165, 1.54) is 12.1 Å². The number of aliphatic imine (C=N–C) groups is 1. The van der Waals surface area contributed by atoms with Crippen LogP contribution in [0.3, 0.4) is 0 Å². The van der Waals surface area contributed by atoms with Crippen LogP contribution in [0.2, 0.25) is 0 Å². The number of anilines is 1. The number of rotatable bonds is 5. The van der Waals surface area contributed by atoms with Gasteiger partial charge in [-0.05, 0) is 54.7 Å². The molecule has 2 saturated heterocycles. The molecule has 0 aliphatic carbocycles. The fourth-order valence-electron chi connectivity index (χ4n) is 5.36. The van der Waals surface area contributed by atoms with Crippen LogP contribution in [0.5, 0.6) is 0 Å². The molecule has 8 nitrogen and oxygen atoms in total. The lowest BCUT2D eigenvalue weighted by Gasteiger charge is -2.38. The molecule has 0 radical (unpaired) electrons. The number of nitrogens with zero attached hydrogens (tertiary/aromatic N) is 4. The number of carbonyl (C=O) groups is 2. The Hall–Kier alpha value is -3.60. The van der Waals surface area contributed by atoms with Crippen molar-refractivity contribution in [3.8, 4) is 0 Å². The first-order chi connectivity index (χ1) is 19.3. The summed E-state index contributed by atoms with van der Waals surface area (Å²) in [5.74, 6) is 0.534. The number of benzene rings is 2. The maximum atomic E-state index is 13.1. The van der Waals surface area contributed by atoms with Gasteiger partial charge in [0, 0.05) is 70.6 Å². The molecule has 0 bridgehead atoms. The molecule has 214 valence electrons. The van der Waals surface area contributed by atoms with Gasteiger partial charge < -0.3 is 19.9 Å². The summed E-state index contributed by atoms with van der Waals surface area (Å²) >= 11 is 0. The minimum atomic E-state index is -4.39. The van der Waals surface area contributed by atoms with Gasteiger partial charge in [0.1, 0.15) is 6.61 Å². The van der Waals surface area contributed by atoms with Crippen LogP contribution in [0.25, 0.3) is 0 Å². The molecule has 1 N–H and O–H groups in total. The van der Waals surface area contributed by atoms with Gasteiger partial charge in [-0.15, -0.1) is 0 Å². The fourth-order valence-corrected chi connectivity index (χ4v) is 5.36. The first-order valence-corrected chi connectivity index (χ1v) is 13.8. The summed E-state index contributed by atoms with van der Waals surface area (Å²) in [6, 6.07) is 10.3. The van der Waals surface area contributed by atoms with Gasteiger partial charge in [-0.3, -0.25) is 14.7 Å². The molecule has 3 aliphatic heterocycles. The van der Waals surface area contributed by atoms with Crippen molar-refractivity contribution in [3.05, 3.63) is 59.2 Å². The summed E-state index contributed by atoms with van der Waals surface area (Å²) in [7, 11) is 0. The van der Waals surface area contributed by atoms with Crippen LogP contribution in [0.4, 0.5) is 29.3 Å². The number of piperazine rings is 1. The van der Waals surface area contributed by atoms with E-state index in [1.54, 1.807) is 4.90 Å². The van der Waals surface area contributed by atoms with Gasteiger partial charge in [0.2, 0.25) is 0 Å². The van der Waals surface area contributed by atoms with Gasteiger partial charge in [0.15, 0.2) is 0 Å². The molecular weight excluding hydrogens is 523 g/mol. The summed E-state index contributed by atoms with van der Waals surface area (Å²) in [5, 5.41) is 3.33. The van der Waals surface area contributed by atoms with Crippen molar-refractivity contribution < 1.29 is 27.5 Å². The molecule has 2 aromatic carbocycles.